The van der Waals surface area contributed by atoms with E-state index in [0.717, 1.165) is 58.7 Å². The summed E-state index contributed by atoms with van der Waals surface area (Å²) in [5.74, 6) is 1.21. The van der Waals surface area contributed by atoms with Crippen LogP contribution in [0.3, 0.4) is 0 Å². The second-order valence-corrected chi connectivity index (χ2v) is 15.2. The van der Waals surface area contributed by atoms with Crippen molar-refractivity contribution < 1.29 is 33.7 Å². The lowest BCUT2D eigenvalue weighted by atomic mass is 9.83. The van der Waals surface area contributed by atoms with Crippen LogP contribution in [0, 0.1) is 5.92 Å². The Balaban J connectivity index is 1.15. The standard InChI is InChI=1S/C44H49NO7/c1-44(2,3)37-24-20-30(26-38(37)45-41(46)28-36-34-13-7-9-15-39(34)52-40-16-10-8-14-35(36)40)19-23-33(25-29-11-5-4-6-12-29)51-43(49)50-32-21-17-31(18-22-32)27-42(47)48/h7-10,13-18,20-22,24,26,29,33,36H,4-6,11-12,19,23,25,27-28H2,1-3H3,(H,45,46)(H,47,48). The molecule has 1 heterocycles. The molecule has 2 N–H and O–H groups in total. The maximum Gasteiger partial charge on any atom is 0.514 e. The van der Waals surface area contributed by atoms with Crippen molar-refractivity contribution in [3.63, 3.8) is 0 Å². The van der Waals surface area contributed by atoms with Gasteiger partial charge in [0.25, 0.3) is 0 Å². The lowest BCUT2D eigenvalue weighted by molar-refractivity contribution is -0.136. The van der Waals surface area contributed by atoms with Crippen LogP contribution >= 0.6 is 0 Å². The number of hydrogen-bond acceptors (Lipinski definition) is 6. The van der Waals surface area contributed by atoms with E-state index in [-0.39, 0.29) is 36.2 Å². The molecule has 2 aliphatic rings. The van der Waals surface area contributed by atoms with E-state index in [4.69, 9.17) is 19.3 Å². The predicted molar refractivity (Wildman–Crippen MR) is 201 cm³/mol. The van der Waals surface area contributed by atoms with E-state index >= 15 is 0 Å². The highest BCUT2D eigenvalue weighted by Gasteiger charge is 2.30. The first kappa shape index (κ1) is 36.7. The Labute approximate surface area is 306 Å². The zero-order chi connectivity index (χ0) is 36.7. The van der Waals surface area contributed by atoms with E-state index in [1.807, 2.05) is 48.5 Å². The lowest BCUT2D eigenvalue weighted by Gasteiger charge is -2.28. The van der Waals surface area contributed by atoms with E-state index in [0.29, 0.717) is 30.1 Å². The molecule has 0 aromatic heterocycles. The number of anilines is 1. The summed E-state index contributed by atoms with van der Waals surface area (Å²) in [6, 6.07) is 28.5. The van der Waals surface area contributed by atoms with Crippen molar-refractivity contribution >= 4 is 23.7 Å². The van der Waals surface area contributed by atoms with Gasteiger partial charge in [0, 0.05) is 29.2 Å². The monoisotopic (exact) mass is 703 g/mol. The average Bonchev–Trinajstić information content (AvgIpc) is 3.11. The van der Waals surface area contributed by atoms with Crippen molar-refractivity contribution in [1.82, 2.24) is 0 Å². The quantitative estimate of drug-likeness (QED) is 0.112. The number of rotatable bonds is 12. The third-order valence-corrected chi connectivity index (χ3v) is 10.2. The van der Waals surface area contributed by atoms with Crippen LogP contribution in [0.15, 0.2) is 91.0 Å². The number of amides is 1. The van der Waals surface area contributed by atoms with Gasteiger partial charge in [-0.2, -0.15) is 0 Å². The first-order chi connectivity index (χ1) is 25.0. The molecule has 1 amide bonds. The fourth-order valence-electron chi connectivity index (χ4n) is 7.57. The summed E-state index contributed by atoms with van der Waals surface area (Å²) in [4.78, 5) is 37.9. The maximum atomic E-state index is 13.9. The number of fused-ring (bicyclic) bond motifs is 2. The second-order valence-electron chi connectivity index (χ2n) is 15.2. The Hall–Kier alpha value is -5.11. The van der Waals surface area contributed by atoms with E-state index in [1.165, 1.54) is 19.3 Å². The molecule has 0 bridgehead atoms. The van der Waals surface area contributed by atoms with Gasteiger partial charge >= 0.3 is 12.1 Å². The van der Waals surface area contributed by atoms with Crippen LogP contribution in [0.25, 0.3) is 0 Å². The van der Waals surface area contributed by atoms with Crippen LogP contribution < -0.4 is 14.8 Å². The molecule has 8 nitrogen and oxygen atoms in total. The summed E-state index contributed by atoms with van der Waals surface area (Å²) in [5, 5.41) is 12.3. The number of carbonyl (C=O) groups is 3. The number of benzene rings is 4. The smallest absolute Gasteiger partial charge is 0.481 e. The summed E-state index contributed by atoms with van der Waals surface area (Å²) in [7, 11) is 0. The van der Waals surface area contributed by atoms with Gasteiger partial charge in [0.1, 0.15) is 23.4 Å². The average molecular weight is 704 g/mol. The van der Waals surface area contributed by atoms with Gasteiger partial charge in [0.2, 0.25) is 5.91 Å². The van der Waals surface area contributed by atoms with Gasteiger partial charge in [-0.1, -0.05) is 114 Å². The number of ether oxygens (including phenoxy) is 3. The van der Waals surface area contributed by atoms with Crippen LogP contribution in [0.4, 0.5) is 10.5 Å². The van der Waals surface area contributed by atoms with Crippen molar-refractivity contribution in [3.05, 3.63) is 119 Å². The predicted octanol–water partition coefficient (Wildman–Crippen LogP) is 10.4. The summed E-state index contributed by atoms with van der Waals surface area (Å²) in [6.45, 7) is 6.42. The molecule has 0 radical (unpaired) electrons. The molecule has 0 saturated heterocycles. The van der Waals surface area contributed by atoms with Crippen molar-refractivity contribution in [2.75, 3.05) is 5.32 Å². The number of carbonyl (C=O) groups excluding carboxylic acids is 2. The van der Waals surface area contributed by atoms with Gasteiger partial charge in [-0.05, 0) is 77.6 Å². The molecule has 0 spiro atoms. The summed E-state index contributed by atoms with van der Waals surface area (Å²) in [6.07, 6.45) is 6.96. The van der Waals surface area contributed by atoms with Gasteiger partial charge in [-0.25, -0.2) is 4.79 Å². The van der Waals surface area contributed by atoms with Crippen LogP contribution in [-0.4, -0.2) is 29.2 Å². The van der Waals surface area contributed by atoms with Gasteiger partial charge in [0.15, 0.2) is 0 Å². The molecule has 1 fully saturated rings. The van der Waals surface area contributed by atoms with Crippen molar-refractivity contribution in [2.45, 2.75) is 102 Å². The first-order valence-corrected chi connectivity index (χ1v) is 18.5. The summed E-state index contributed by atoms with van der Waals surface area (Å²) in [5.41, 5.74) is 5.30. The van der Waals surface area contributed by atoms with Gasteiger partial charge in [0.05, 0.1) is 6.42 Å². The Morgan fingerprint density at radius 1 is 0.846 bits per heavy atom. The molecular weight excluding hydrogens is 654 g/mol. The number of aryl methyl sites for hydroxylation is 1. The van der Waals surface area contributed by atoms with Crippen molar-refractivity contribution in [1.29, 1.82) is 0 Å². The molecule has 1 atom stereocenters. The van der Waals surface area contributed by atoms with Gasteiger partial charge in [-0.3, -0.25) is 9.59 Å². The van der Waals surface area contributed by atoms with Crippen LogP contribution in [0.5, 0.6) is 17.2 Å². The Bertz CT molecular complexity index is 1820. The highest BCUT2D eigenvalue weighted by Crippen LogP contribution is 2.45. The van der Waals surface area contributed by atoms with E-state index < -0.39 is 12.1 Å². The van der Waals surface area contributed by atoms with Gasteiger partial charge < -0.3 is 24.6 Å². The number of nitrogens with one attached hydrogen (secondary N) is 1. The van der Waals surface area contributed by atoms with Crippen molar-refractivity contribution in [2.24, 2.45) is 5.92 Å². The molecule has 272 valence electrons. The van der Waals surface area contributed by atoms with Crippen LogP contribution in [-0.2, 0) is 32.6 Å². The third kappa shape index (κ3) is 9.60. The molecular formula is C44H49NO7. The number of aliphatic carboxylic acids is 1. The fraction of sp³-hybridized carbons (Fsp3) is 0.386. The van der Waals surface area contributed by atoms with E-state index in [9.17, 15) is 14.4 Å². The highest BCUT2D eigenvalue weighted by molar-refractivity contribution is 5.93. The summed E-state index contributed by atoms with van der Waals surface area (Å²) >= 11 is 0. The Kier molecular flexibility index (Phi) is 11.6. The number of carboxylic acids is 1. The highest BCUT2D eigenvalue weighted by atomic mass is 16.7. The molecule has 8 heteroatoms. The van der Waals surface area contributed by atoms with Crippen molar-refractivity contribution in [3.8, 4) is 17.2 Å². The van der Waals surface area contributed by atoms with Crippen LogP contribution in [0.1, 0.15) is 106 Å². The Morgan fingerprint density at radius 2 is 1.48 bits per heavy atom. The first-order valence-electron chi connectivity index (χ1n) is 18.5. The number of carboxylic acid groups (broad SMARTS) is 1. The molecule has 52 heavy (non-hydrogen) atoms. The fourth-order valence-corrected chi connectivity index (χ4v) is 7.57. The van der Waals surface area contributed by atoms with E-state index in [2.05, 4.69) is 44.3 Å². The Morgan fingerprint density at radius 3 is 2.12 bits per heavy atom. The third-order valence-electron chi connectivity index (χ3n) is 10.2. The molecule has 4 aromatic rings. The molecule has 4 aromatic carbocycles. The number of para-hydroxylation sites is 2. The molecule has 1 aliphatic heterocycles. The minimum Gasteiger partial charge on any atom is -0.481 e. The minimum absolute atomic E-state index is 0.0728. The zero-order valence-corrected chi connectivity index (χ0v) is 30.4. The summed E-state index contributed by atoms with van der Waals surface area (Å²) < 4.78 is 17.6. The second kappa shape index (κ2) is 16.5. The molecule has 1 aliphatic carbocycles. The zero-order valence-electron chi connectivity index (χ0n) is 30.4. The molecule has 1 unspecified atom stereocenters. The van der Waals surface area contributed by atoms with Gasteiger partial charge in [-0.15, -0.1) is 0 Å². The molecule has 1 saturated carbocycles. The number of hydrogen-bond donors (Lipinski definition) is 2. The molecule has 6 rings (SSSR count). The topological polar surface area (TPSA) is 111 Å². The normalized spacial score (nSPS) is 15.1. The lowest BCUT2D eigenvalue weighted by Crippen LogP contribution is -2.25. The maximum absolute atomic E-state index is 13.9. The minimum atomic E-state index is -0.923. The largest absolute Gasteiger partial charge is 0.514 e. The SMILES string of the molecule is CC(C)(C)c1ccc(CCC(CC2CCCCC2)OC(=O)Oc2ccc(CC(=O)O)cc2)cc1NC(=O)CC1c2ccccc2Oc2ccccc21. The van der Waals surface area contributed by atoms with Crippen LogP contribution in [0.2, 0.25) is 0 Å². The van der Waals surface area contributed by atoms with E-state index in [1.54, 1.807) is 24.3 Å².